The van der Waals surface area contributed by atoms with Gasteiger partial charge >= 0.3 is 0 Å². The van der Waals surface area contributed by atoms with Gasteiger partial charge in [0.25, 0.3) is 0 Å². The van der Waals surface area contributed by atoms with E-state index in [-0.39, 0.29) is 0 Å². The Kier molecular flexibility index (Phi) is 2.79. The maximum absolute atomic E-state index is 3.59. The molecule has 1 aliphatic rings. The average molecular weight is 181 g/mol. The Morgan fingerprint density at radius 1 is 1.33 bits per heavy atom. The summed E-state index contributed by atoms with van der Waals surface area (Å²) in [5, 5.41) is 8.03. The molecule has 1 saturated heterocycles. The molecule has 1 fully saturated rings. The summed E-state index contributed by atoms with van der Waals surface area (Å²) < 4.78 is 0. The molecule has 1 nitrogen and oxygen atoms in total. The summed E-state index contributed by atoms with van der Waals surface area (Å²) in [4.78, 5) is 0. The second-order valence-electron chi connectivity index (χ2n) is 3.41. The van der Waals surface area contributed by atoms with Crippen LogP contribution >= 0.6 is 11.3 Å². The van der Waals surface area contributed by atoms with Crippen molar-refractivity contribution in [3.05, 3.63) is 22.4 Å². The first kappa shape index (κ1) is 8.27. The zero-order chi connectivity index (χ0) is 8.23. The maximum atomic E-state index is 3.59. The third-order valence-electron chi connectivity index (χ3n) is 2.51. The van der Waals surface area contributed by atoms with E-state index in [2.05, 4.69) is 22.1 Å². The highest BCUT2D eigenvalue weighted by molar-refractivity contribution is 7.07. The predicted octanol–water partition coefficient (Wildman–Crippen LogP) is 2.95. The molecule has 0 bridgehead atoms. The van der Waals surface area contributed by atoms with Crippen molar-refractivity contribution in [1.82, 2.24) is 5.32 Å². The minimum Gasteiger partial charge on any atom is -0.310 e. The lowest BCUT2D eigenvalue weighted by Crippen LogP contribution is -2.19. The van der Waals surface area contributed by atoms with Gasteiger partial charge in [0, 0.05) is 6.04 Å². The van der Waals surface area contributed by atoms with E-state index in [0.717, 1.165) is 0 Å². The third-order valence-corrected chi connectivity index (χ3v) is 3.21. The first-order valence-electron chi connectivity index (χ1n) is 4.72. The van der Waals surface area contributed by atoms with Gasteiger partial charge in [-0.15, -0.1) is 0 Å². The van der Waals surface area contributed by atoms with Crippen LogP contribution in [0.15, 0.2) is 16.8 Å². The smallest absolute Gasteiger partial charge is 0.0328 e. The highest BCUT2D eigenvalue weighted by atomic mass is 32.1. The molecule has 2 heteroatoms. The quantitative estimate of drug-likeness (QED) is 0.702. The Morgan fingerprint density at radius 3 is 3.17 bits per heavy atom. The van der Waals surface area contributed by atoms with E-state index in [1.807, 2.05) is 0 Å². The third kappa shape index (κ3) is 1.87. The van der Waals surface area contributed by atoms with Crippen LogP contribution in [0.5, 0.6) is 0 Å². The molecule has 12 heavy (non-hydrogen) atoms. The van der Waals surface area contributed by atoms with Crippen LogP contribution in [0.1, 0.15) is 37.3 Å². The fourth-order valence-electron chi connectivity index (χ4n) is 1.79. The molecule has 0 aliphatic carbocycles. The Morgan fingerprint density at radius 2 is 2.33 bits per heavy atom. The van der Waals surface area contributed by atoms with Crippen LogP contribution < -0.4 is 5.32 Å². The van der Waals surface area contributed by atoms with Crippen molar-refractivity contribution in [3.8, 4) is 0 Å². The first-order valence-corrected chi connectivity index (χ1v) is 5.66. The number of hydrogen-bond donors (Lipinski definition) is 1. The van der Waals surface area contributed by atoms with Crippen molar-refractivity contribution in [3.63, 3.8) is 0 Å². The van der Waals surface area contributed by atoms with Crippen LogP contribution in [-0.4, -0.2) is 6.54 Å². The van der Waals surface area contributed by atoms with Gasteiger partial charge in [-0.2, -0.15) is 11.3 Å². The molecule has 0 radical (unpaired) electrons. The molecule has 1 N–H and O–H groups in total. The number of thiophene rings is 1. The summed E-state index contributed by atoms with van der Waals surface area (Å²) in [6, 6.07) is 2.88. The van der Waals surface area contributed by atoms with E-state index in [4.69, 9.17) is 0 Å². The van der Waals surface area contributed by atoms with E-state index in [1.54, 1.807) is 11.3 Å². The van der Waals surface area contributed by atoms with Gasteiger partial charge < -0.3 is 5.32 Å². The molecule has 0 amide bonds. The lowest BCUT2D eigenvalue weighted by molar-refractivity contribution is 0.536. The van der Waals surface area contributed by atoms with Crippen molar-refractivity contribution in [2.45, 2.75) is 31.7 Å². The first-order chi connectivity index (χ1) is 5.97. The largest absolute Gasteiger partial charge is 0.310 e. The summed E-state index contributed by atoms with van der Waals surface area (Å²) in [5.41, 5.74) is 1.49. The summed E-state index contributed by atoms with van der Waals surface area (Å²) in [7, 11) is 0. The summed E-state index contributed by atoms with van der Waals surface area (Å²) in [6.45, 7) is 1.19. The molecule has 0 aromatic carbocycles. The molecule has 1 aromatic rings. The van der Waals surface area contributed by atoms with Gasteiger partial charge in [-0.25, -0.2) is 0 Å². The van der Waals surface area contributed by atoms with Crippen molar-refractivity contribution in [1.29, 1.82) is 0 Å². The van der Waals surface area contributed by atoms with E-state index in [0.29, 0.717) is 6.04 Å². The molecule has 0 saturated carbocycles. The lowest BCUT2D eigenvalue weighted by atomic mass is 10.1. The predicted molar refractivity (Wildman–Crippen MR) is 53.5 cm³/mol. The fourth-order valence-corrected chi connectivity index (χ4v) is 2.50. The van der Waals surface area contributed by atoms with Crippen LogP contribution in [0.4, 0.5) is 0 Å². The normalized spacial score (nSPS) is 25.2. The van der Waals surface area contributed by atoms with Gasteiger partial charge in [0.05, 0.1) is 0 Å². The number of nitrogens with one attached hydrogen (secondary N) is 1. The highest BCUT2D eigenvalue weighted by Gasteiger charge is 2.12. The average Bonchev–Trinajstić information content (AvgIpc) is 2.48. The van der Waals surface area contributed by atoms with Crippen LogP contribution in [-0.2, 0) is 0 Å². The minimum absolute atomic E-state index is 0.638. The molecule has 66 valence electrons. The van der Waals surface area contributed by atoms with Crippen molar-refractivity contribution in [2.24, 2.45) is 0 Å². The van der Waals surface area contributed by atoms with Crippen molar-refractivity contribution >= 4 is 11.3 Å². The number of hydrogen-bond acceptors (Lipinski definition) is 2. The second kappa shape index (κ2) is 4.06. The molecular weight excluding hydrogens is 166 g/mol. The topological polar surface area (TPSA) is 12.0 Å². The van der Waals surface area contributed by atoms with E-state index in [9.17, 15) is 0 Å². The molecular formula is C10H15NS. The minimum atomic E-state index is 0.638. The zero-order valence-electron chi connectivity index (χ0n) is 7.25. The fraction of sp³-hybridized carbons (Fsp3) is 0.600. The highest BCUT2D eigenvalue weighted by Crippen LogP contribution is 2.23. The standard InChI is InChI=1S/C10H15NS/c1-2-4-10(11-6-3-1)9-5-7-12-8-9/h5,7-8,10-11H,1-4,6H2. The zero-order valence-corrected chi connectivity index (χ0v) is 8.07. The second-order valence-corrected chi connectivity index (χ2v) is 4.19. The number of rotatable bonds is 1. The van der Waals surface area contributed by atoms with Crippen LogP contribution in [0.2, 0.25) is 0 Å². The molecule has 1 unspecified atom stereocenters. The van der Waals surface area contributed by atoms with Crippen molar-refractivity contribution in [2.75, 3.05) is 6.54 Å². The van der Waals surface area contributed by atoms with Gasteiger partial charge in [-0.3, -0.25) is 0 Å². The Bertz CT molecular complexity index is 210. The van der Waals surface area contributed by atoms with E-state index >= 15 is 0 Å². The maximum Gasteiger partial charge on any atom is 0.0328 e. The summed E-state index contributed by atoms with van der Waals surface area (Å²) in [6.07, 6.45) is 5.44. The summed E-state index contributed by atoms with van der Waals surface area (Å²) in [5.74, 6) is 0. The van der Waals surface area contributed by atoms with Crippen LogP contribution in [0, 0.1) is 0 Å². The summed E-state index contributed by atoms with van der Waals surface area (Å²) >= 11 is 1.80. The van der Waals surface area contributed by atoms with Gasteiger partial charge in [-0.05, 0) is 41.8 Å². The van der Waals surface area contributed by atoms with Gasteiger partial charge in [-0.1, -0.05) is 12.8 Å². The van der Waals surface area contributed by atoms with Crippen LogP contribution in [0.3, 0.4) is 0 Å². The molecule has 1 aliphatic heterocycles. The monoisotopic (exact) mass is 181 g/mol. The van der Waals surface area contributed by atoms with Crippen LogP contribution in [0.25, 0.3) is 0 Å². The Labute approximate surface area is 77.8 Å². The molecule has 2 heterocycles. The molecule has 0 spiro atoms. The molecule has 1 atom stereocenters. The van der Waals surface area contributed by atoms with E-state index in [1.165, 1.54) is 37.8 Å². The Balaban J connectivity index is 2.02. The van der Waals surface area contributed by atoms with Crippen molar-refractivity contribution < 1.29 is 0 Å². The van der Waals surface area contributed by atoms with E-state index < -0.39 is 0 Å². The van der Waals surface area contributed by atoms with Gasteiger partial charge in [0.1, 0.15) is 0 Å². The van der Waals surface area contributed by atoms with Gasteiger partial charge in [0.2, 0.25) is 0 Å². The molecule has 1 aromatic heterocycles. The molecule has 2 rings (SSSR count). The lowest BCUT2D eigenvalue weighted by Gasteiger charge is -2.13. The Hall–Kier alpha value is -0.340. The van der Waals surface area contributed by atoms with Gasteiger partial charge in [0.15, 0.2) is 0 Å². The SMILES string of the molecule is c1cc(C2CCCCCN2)cs1.